The van der Waals surface area contributed by atoms with Crippen LogP contribution in [0.3, 0.4) is 0 Å². The van der Waals surface area contributed by atoms with E-state index in [1.54, 1.807) is 11.8 Å². The van der Waals surface area contributed by atoms with E-state index in [2.05, 4.69) is 4.90 Å². The third-order valence-electron chi connectivity index (χ3n) is 4.79. The van der Waals surface area contributed by atoms with E-state index in [4.69, 9.17) is 10.7 Å². The maximum Gasteiger partial charge on any atom is 0.254 e. The number of likely N-dealkylation sites (N-methyl/N-ethyl adjacent to an activating group) is 1. The molecule has 1 saturated heterocycles. The average molecular weight is 359 g/mol. The number of hydrogen-bond donors (Lipinski definition) is 1. The van der Waals surface area contributed by atoms with Crippen LogP contribution in [0.5, 0.6) is 0 Å². The lowest BCUT2D eigenvalue weighted by Gasteiger charge is -2.41. The van der Waals surface area contributed by atoms with Crippen molar-refractivity contribution in [3.63, 3.8) is 0 Å². The fourth-order valence-electron chi connectivity index (χ4n) is 3.45. The van der Waals surface area contributed by atoms with Crippen molar-refractivity contribution in [2.24, 2.45) is 4.99 Å². The van der Waals surface area contributed by atoms with E-state index in [0.29, 0.717) is 13.1 Å². The number of hydrogen-bond acceptors (Lipinski definition) is 5. The minimum Gasteiger partial charge on any atom is -0.399 e. The zero-order valence-corrected chi connectivity index (χ0v) is 16.0. The molecule has 2 aliphatic heterocycles. The van der Waals surface area contributed by atoms with Crippen LogP contribution in [0, 0.1) is 0 Å². The van der Waals surface area contributed by atoms with Crippen molar-refractivity contribution < 1.29 is 4.79 Å². The Bertz CT molecular complexity index is 707. The number of nitrogen functional groups attached to an aromatic ring is 1. The fourth-order valence-corrected chi connectivity index (χ4v) is 4.47. The van der Waals surface area contributed by atoms with Gasteiger partial charge in [-0.15, -0.1) is 0 Å². The smallest absolute Gasteiger partial charge is 0.254 e. The molecular formula is C19H26N4OS. The number of allylic oxidation sites excluding steroid dienone is 1. The number of amides is 1. The first kappa shape index (κ1) is 17.9. The van der Waals surface area contributed by atoms with Crippen molar-refractivity contribution in [2.45, 2.75) is 33.2 Å². The molecule has 1 atom stereocenters. The Morgan fingerprint density at radius 2 is 2.00 bits per heavy atom. The van der Waals surface area contributed by atoms with Crippen LogP contribution >= 0.6 is 11.8 Å². The summed E-state index contributed by atoms with van der Waals surface area (Å²) in [6, 6.07) is 7.80. The highest BCUT2D eigenvalue weighted by atomic mass is 32.2. The zero-order valence-electron chi connectivity index (χ0n) is 15.2. The normalized spacial score (nSPS) is 20.2. The molecule has 2 aliphatic rings. The van der Waals surface area contributed by atoms with Crippen molar-refractivity contribution in [1.29, 1.82) is 0 Å². The summed E-state index contributed by atoms with van der Waals surface area (Å²) < 4.78 is 0. The van der Waals surface area contributed by atoms with Crippen LogP contribution in [0.2, 0.25) is 0 Å². The second-order valence-electron chi connectivity index (χ2n) is 6.34. The van der Waals surface area contributed by atoms with Gasteiger partial charge in [0.15, 0.2) is 5.17 Å². The molecule has 2 N–H and O–H groups in total. The first-order chi connectivity index (χ1) is 12.1. The predicted molar refractivity (Wildman–Crippen MR) is 105 cm³/mol. The number of anilines is 1. The number of amidine groups is 1. The van der Waals surface area contributed by atoms with Gasteiger partial charge >= 0.3 is 0 Å². The highest BCUT2D eigenvalue weighted by Gasteiger charge is 2.38. The number of rotatable bonds is 4. The predicted octanol–water partition coefficient (Wildman–Crippen LogP) is 3.26. The molecule has 1 aromatic carbocycles. The number of carbonyl (C=O) groups excluding carboxylic acids is 1. The minimum atomic E-state index is -0.0889. The Kier molecular flexibility index (Phi) is 5.37. The van der Waals surface area contributed by atoms with Crippen molar-refractivity contribution in [3.05, 3.63) is 41.1 Å². The van der Waals surface area contributed by atoms with Gasteiger partial charge < -0.3 is 15.5 Å². The topological polar surface area (TPSA) is 61.9 Å². The number of nitrogens with two attached hydrogens (primary N) is 1. The van der Waals surface area contributed by atoms with Crippen LogP contribution in [0.4, 0.5) is 5.69 Å². The van der Waals surface area contributed by atoms with E-state index in [-0.39, 0.29) is 11.9 Å². The van der Waals surface area contributed by atoms with Crippen LogP contribution in [0.15, 0.2) is 40.5 Å². The largest absolute Gasteiger partial charge is 0.399 e. The molecule has 134 valence electrons. The molecular weight excluding hydrogens is 332 g/mol. The number of nitrogens with zero attached hydrogens (tertiary/aromatic N) is 3. The Balaban J connectivity index is 2.10. The van der Waals surface area contributed by atoms with Gasteiger partial charge in [0.2, 0.25) is 0 Å². The van der Waals surface area contributed by atoms with Crippen LogP contribution < -0.4 is 5.73 Å². The van der Waals surface area contributed by atoms with Gasteiger partial charge in [-0.25, -0.2) is 4.99 Å². The van der Waals surface area contributed by atoms with Crippen molar-refractivity contribution in [1.82, 2.24) is 9.80 Å². The van der Waals surface area contributed by atoms with Gasteiger partial charge in [-0.2, -0.15) is 0 Å². The van der Waals surface area contributed by atoms with Gasteiger partial charge in [0, 0.05) is 31.1 Å². The number of thioether (sulfide) groups is 1. The number of carbonyl (C=O) groups is 1. The zero-order chi connectivity index (χ0) is 18.0. The molecule has 6 heteroatoms. The quantitative estimate of drug-likeness (QED) is 0.839. The highest BCUT2D eigenvalue weighted by Crippen LogP contribution is 2.40. The highest BCUT2D eigenvalue weighted by molar-refractivity contribution is 8.13. The number of fused-ring (bicyclic) bond motifs is 1. The Labute approximate surface area is 154 Å². The molecule has 0 radical (unpaired) electrons. The van der Waals surface area contributed by atoms with Crippen molar-refractivity contribution in [2.75, 3.05) is 31.1 Å². The van der Waals surface area contributed by atoms with Crippen molar-refractivity contribution in [3.8, 4) is 0 Å². The Morgan fingerprint density at radius 1 is 1.32 bits per heavy atom. The molecule has 1 amide bonds. The lowest BCUT2D eigenvalue weighted by molar-refractivity contribution is -0.127. The number of aliphatic imine (C=N–C) groups is 1. The molecule has 0 bridgehead atoms. The molecule has 0 aliphatic carbocycles. The SMILES string of the molecule is CCN(CC)C(=O)C1=C(C)N=C2SCCCN2C1c1ccc(N)cc1. The van der Waals surface area contributed by atoms with Gasteiger partial charge in [0.1, 0.15) is 0 Å². The fraction of sp³-hybridized carbons (Fsp3) is 0.474. The second kappa shape index (κ2) is 7.52. The molecule has 0 saturated carbocycles. The summed E-state index contributed by atoms with van der Waals surface area (Å²) in [7, 11) is 0. The monoisotopic (exact) mass is 358 g/mol. The molecule has 1 aromatic rings. The van der Waals surface area contributed by atoms with E-state index in [1.165, 1.54) is 0 Å². The summed E-state index contributed by atoms with van der Waals surface area (Å²) in [5, 5.41) is 1.03. The molecule has 0 spiro atoms. The van der Waals surface area contributed by atoms with Crippen LogP contribution in [0.1, 0.15) is 38.8 Å². The maximum absolute atomic E-state index is 13.2. The molecule has 3 rings (SSSR count). The summed E-state index contributed by atoms with van der Waals surface area (Å²) in [6.45, 7) is 8.31. The first-order valence-corrected chi connectivity index (χ1v) is 9.89. The molecule has 5 nitrogen and oxygen atoms in total. The lowest BCUT2D eigenvalue weighted by atomic mass is 9.93. The van der Waals surface area contributed by atoms with Gasteiger partial charge in [0.25, 0.3) is 5.91 Å². The average Bonchev–Trinajstić information content (AvgIpc) is 2.62. The standard InChI is InChI=1S/C19H26N4OS/c1-4-22(5-2)18(24)16-13(3)21-19-23(11-6-12-25-19)17(16)14-7-9-15(20)10-8-14/h7-10,17H,4-6,11-12,20H2,1-3H3. The third kappa shape index (κ3) is 3.40. The Morgan fingerprint density at radius 3 is 2.64 bits per heavy atom. The van der Waals surface area contributed by atoms with Gasteiger partial charge in [-0.05, 0) is 44.9 Å². The first-order valence-electron chi connectivity index (χ1n) is 8.90. The van der Waals surface area contributed by atoms with Crippen LogP contribution in [-0.4, -0.2) is 46.3 Å². The van der Waals surface area contributed by atoms with Gasteiger partial charge in [-0.1, -0.05) is 23.9 Å². The van der Waals surface area contributed by atoms with E-state index < -0.39 is 0 Å². The van der Waals surface area contributed by atoms with Crippen LogP contribution in [0.25, 0.3) is 0 Å². The summed E-state index contributed by atoms with van der Waals surface area (Å²) in [5.41, 5.74) is 9.33. The van der Waals surface area contributed by atoms with Gasteiger partial charge in [0.05, 0.1) is 17.3 Å². The summed E-state index contributed by atoms with van der Waals surface area (Å²) in [5.74, 6) is 1.17. The molecule has 1 unspecified atom stereocenters. The van der Waals surface area contributed by atoms with E-state index >= 15 is 0 Å². The summed E-state index contributed by atoms with van der Waals surface area (Å²) >= 11 is 1.78. The molecule has 25 heavy (non-hydrogen) atoms. The summed E-state index contributed by atoms with van der Waals surface area (Å²) in [4.78, 5) is 22.2. The summed E-state index contributed by atoms with van der Waals surface area (Å²) in [6.07, 6.45) is 1.10. The van der Waals surface area contributed by atoms with E-state index in [9.17, 15) is 4.79 Å². The lowest BCUT2D eigenvalue weighted by Crippen LogP contribution is -2.45. The van der Waals surface area contributed by atoms with E-state index in [1.807, 2.05) is 49.9 Å². The maximum atomic E-state index is 13.2. The number of benzene rings is 1. The second-order valence-corrected chi connectivity index (χ2v) is 7.40. The minimum absolute atomic E-state index is 0.0858. The third-order valence-corrected chi connectivity index (χ3v) is 5.87. The van der Waals surface area contributed by atoms with Gasteiger partial charge in [-0.3, -0.25) is 4.79 Å². The van der Waals surface area contributed by atoms with Crippen LogP contribution in [-0.2, 0) is 4.79 Å². The van der Waals surface area contributed by atoms with Crippen molar-refractivity contribution >= 4 is 28.5 Å². The Hall–Kier alpha value is -1.95. The molecule has 2 heterocycles. The molecule has 0 aromatic heterocycles. The van der Waals surface area contributed by atoms with E-state index in [0.717, 1.165) is 46.4 Å². The molecule has 1 fully saturated rings.